The van der Waals surface area contributed by atoms with Crippen molar-refractivity contribution in [1.29, 1.82) is 0 Å². The molecule has 0 aliphatic rings. The monoisotopic (exact) mass is 284 g/mol. The predicted octanol–water partition coefficient (Wildman–Crippen LogP) is 3.53. The molecule has 0 spiro atoms. The van der Waals surface area contributed by atoms with Crippen LogP contribution in [0, 0.1) is 0 Å². The number of aromatic nitrogens is 3. The van der Waals surface area contributed by atoms with E-state index >= 15 is 0 Å². The third kappa shape index (κ3) is 2.97. The summed E-state index contributed by atoms with van der Waals surface area (Å²) in [5, 5.41) is 3.73. The number of nitrogens with zero attached hydrogens (tertiary/aromatic N) is 3. The number of nitrogens with one attached hydrogen (secondary N) is 1. The lowest BCUT2D eigenvalue weighted by Crippen LogP contribution is -2.01. The van der Waals surface area contributed by atoms with Crippen molar-refractivity contribution in [3.63, 3.8) is 0 Å². The first-order valence-corrected chi connectivity index (χ1v) is 6.63. The Morgan fingerprint density at radius 3 is 2.65 bits per heavy atom. The van der Waals surface area contributed by atoms with Crippen molar-refractivity contribution >= 4 is 17.4 Å². The van der Waals surface area contributed by atoms with Crippen LogP contribution in [0.15, 0.2) is 61.2 Å². The van der Waals surface area contributed by atoms with Crippen LogP contribution in [0.2, 0.25) is 5.15 Å². The van der Waals surface area contributed by atoms with Gasteiger partial charge in [-0.15, -0.1) is 0 Å². The minimum Gasteiger partial charge on any atom is -0.366 e. The molecule has 0 unspecified atom stereocenters. The van der Waals surface area contributed by atoms with Crippen LogP contribution in [0.25, 0.3) is 5.69 Å². The van der Waals surface area contributed by atoms with Gasteiger partial charge < -0.3 is 9.88 Å². The normalized spacial score (nSPS) is 10.4. The molecule has 1 aromatic carbocycles. The number of pyridine rings is 1. The highest BCUT2D eigenvalue weighted by Gasteiger charge is 1.98. The summed E-state index contributed by atoms with van der Waals surface area (Å²) in [4.78, 5) is 8.22. The number of imidazole rings is 1. The molecular weight excluding hydrogens is 272 g/mol. The average molecular weight is 285 g/mol. The van der Waals surface area contributed by atoms with E-state index in [2.05, 4.69) is 39.6 Å². The van der Waals surface area contributed by atoms with Gasteiger partial charge in [-0.2, -0.15) is 0 Å². The third-order valence-corrected chi connectivity index (χ3v) is 3.14. The Morgan fingerprint density at radius 1 is 1.10 bits per heavy atom. The van der Waals surface area contributed by atoms with Crippen molar-refractivity contribution < 1.29 is 0 Å². The largest absolute Gasteiger partial charge is 0.366 e. The van der Waals surface area contributed by atoms with Gasteiger partial charge >= 0.3 is 0 Å². The van der Waals surface area contributed by atoms with Crippen LogP contribution < -0.4 is 5.32 Å². The number of hydrogen-bond acceptors (Lipinski definition) is 3. The molecule has 0 bridgehead atoms. The van der Waals surface area contributed by atoms with Gasteiger partial charge in [0.25, 0.3) is 0 Å². The molecule has 4 nitrogen and oxygen atoms in total. The Morgan fingerprint density at radius 2 is 1.95 bits per heavy atom. The molecule has 0 amide bonds. The van der Waals surface area contributed by atoms with E-state index in [0.717, 1.165) is 11.5 Å². The van der Waals surface area contributed by atoms with Crippen LogP contribution in [0.4, 0.5) is 5.82 Å². The summed E-state index contributed by atoms with van der Waals surface area (Å²) >= 11 is 5.84. The van der Waals surface area contributed by atoms with Crippen LogP contribution >= 0.6 is 11.6 Å². The standard InChI is InChI=1S/C15H13ClN4/c16-14-2-1-3-15(19-14)18-10-12-4-6-13(7-5-12)20-9-8-17-11-20/h1-9,11H,10H2,(H,18,19). The highest BCUT2D eigenvalue weighted by atomic mass is 35.5. The minimum absolute atomic E-state index is 0.491. The van der Waals surface area contributed by atoms with Crippen molar-refractivity contribution in [1.82, 2.24) is 14.5 Å². The molecule has 0 radical (unpaired) electrons. The topological polar surface area (TPSA) is 42.7 Å². The zero-order valence-electron chi connectivity index (χ0n) is 10.7. The van der Waals surface area contributed by atoms with Gasteiger partial charge in [-0.1, -0.05) is 29.8 Å². The molecule has 0 saturated heterocycles. The molecule has 0 atom stereocenters. The zero-order chi connectivity index (χ0) is 13.8. The molecule has 0 fully saturated rings. The maximum Gasteiger partial charge on any atom is 0.131 e. The SMILES string of the molecule is Clc1cccc(NCc2ccc(-n3ccnc3)cc2)n1. The zero-order valence-corrected chi connectivity index (χ0v) is 11.5. The molecule has 2 heterocycles. The molecule has 100 valence electrons. The average Bonchev–Trinajstić information content (AvgIpc) is 3.00. The first-order valence-electron chi connectivity index (χ1n) is 6.25. The second-order valence-corrected chi connectivity index (χ2v) is 4.72. The van der Waals surface area contributed by atoms with E-state index in [1.807, 2.05) is 22.9 Å². The fourth-order valence-corrected chi connectivity index (χ4v) is 2.06. The second-order valence-electron chi connectivity index (χ2n) is 4.34. The lowest BCUT2D eigenvalue weighted by Gasteiger charge is -2.07. The van der Waals surface area contributed by atoms with Crippen molar-refractivity contribution in [3.05, 3.63) is 71.9 Å². The molecular formula is C15H13ClN4. The first-order chi connectivity index (χ1) is 9.81. The lowest BCUT2D eigenvalue weighted by molar-refractivity contribution is 1.05. The lowest BCUT2D eigenvalue weighted by atomic mass is 10.2. The van der Waals surface area contributed by atoms with Crippen LogP contribution in [0.1, 0.15) is 5.56 Å². The fourth-order valence-electron chi connectivity index (χ4n) is 1.90. The van der Waals surface area contributed by atoms with E-state index in [9.17, 15) is 0 Å². The Balaban J connectivity index is 1.67. The van der Waals surface area contributed by atoms with Gasteiger partial charge in [0.15, 0.2) is 0 Å². The van der Waals surface area contributed by atoms with Gasteiger partial charge in [-0.25, -0.2) is 9.97 Å². The van der Waals surface area contributed by atoms with Gasteiger partial charge in [-0.3, -0.25) is 0 Å². The van der Waals surface area contributed by atoms with E-state index in [0.29, 0.717) is 11.7 Å². The Kier molecular flexibility index (Phi) is 3.65. The van der Waals surface area contributed by atoms with Crippen molar-refractivity contribution in [3.8, 4) is 5.69 Å². The predicted molar refractivity (Wildman–Crippen MR) is 80.1 cm³/mol. The quantitative estimate of drug-likeness (QED) is 0.745. The highest BCUT2D eigenvalue weighted by molar-refractivity contribution is 6.29. The molecule has 0 aliphatic heterocycles. The first kappa shape index (κ1) is 12.7. The molecule has 5 heteroatoms. The van der Waals surface area contributed by atoms with Gasteiger partial charge in [0, 0.05) is 24.6 Å². The maximum atomic E-state index is 5.84. The number of halogens is 1. The van der Waals surface area contributed by atoms with Crippen LogP contribution in [0.3, 0.4) is 0 Å². The fraction of sp³-hybridized carbons (Fsp3) is 0.0667. The van der Waals surface area contributed by atoms with Crippen molar-refractivity contribution in [2.75, 3.05) is 5.32 Å². The summed E-state index contributed by atoms with van der Waals surface area (Å²) in [6, 6.07) is 13.8. The molecule has 1 N–H and O–H groups in total. The van der Waals surface area contributed by atoms with Gasteiger partial charge in [0.05, 0.1) is 6.33 Å². The minimum atomic E-state index is 0.491. The maximum absolute atomic E-state index is 5.84. The summed E-state index contributed by atoms with van der Waals surface area (Å²) in [5.41, 5.74) is 2.27. The van der Waals surface area contributed by atoms with E-state index in [4.69, 9.17) is 11.6 Å². The van der Waals surface area contributed by atoms with Crippen LogP contribution in [-0.4, -0.2) is 14.5 Å². The Labute approximate surface area is 122 Å². The molecule has 3 aromatic rings. The number of benzene rings is 1. The molecule has 2 aromatic heterocycles. The smallest absolute Gasteiger partial charge is 0.131 e. The highest BCUT2D eigenvalue weighted by Crippen LogP contribution is 2.12. The summed E-state index contributed by atoms with van der Waals surface area (Å²) in [7, 11) is 0. The number of anilines is 1. The van der Waals surface area contributed by atoms with Gasteiger partial charge in [-0.05, 0) is 29.8 Å². The summed E-state index contributed by atoms with van der Waals surface area (Å²) < 4.78 is 1.97. The molecule has 3 rings (SSSR count). The van der Waals surface area contributed by atoms with Gasteiger partial charge in [0.1, 0.15) is 11.0 Å². The van der Waals surface area contributed by atoms with Crippen LogP contribution in [-0.2, 0) is 6.54 Å². The molecule has 0 aliphatic carbocycles. The molecule has 0 saturated carbocycles. The van der Waals surface area contributed by atoms with E-state index in [1.54, 1.807) is 18.6 Å². The number of hydrogen-bond donors (Lipinski definition) is 1. The Bertz CT molecular complexity index is 677. The molecule has 20 heavy (non-hydrogen) atoms. The summed E-state index contributed by atoms with van der Waals surface area (Å²) in [5.74, 6) is 0.774. The summed E-state index contributed by atoms with van der Waals surface area (Å²) in [6.07, 6.45) is 5.46. The third-order valence-electron chi connectivity index (χ3n) is 2.93. The summed E-state index contributed by atoms with van der Waals surface area (Å²) in [6.45, 7) is 0.706. The van der Waals surface area contributed by atoms with Gasteiger partial charge in [0.2, 0.25) is 0 Å². The second kappa shape index (κ2) is 5.75. The van der Waals surface area contributed by atoms with E-state index in [1.165, 1.54) is 5.56 Å². The van der Waals surface area contributed by atoms with E-state index < -0.39 is 0 Å². The van der Waals surface area contributed by atoms with Crippen LogP contribution in [0.5, 0.6) is 0 Å². The number of rotatable bonds is 4. The van der Waals surface area contributed by atoms with Crippen molar-refractivity contribution in [2.24, 2.45) is 0 Å². The van der Waals surface area contributed by atoms with Crippen molar-refractivity contribution in [2.45, 2.75) is 6.54 Å². The van der Waals surface area contributed by atoms with E-state index in [-0.39, 0.29) is 0 Å². The Hall–Kier alpha value is -2.33.